The van der Waals surface area contributed by atoms with Gasteiger partial charge in [-0.05, 0) is 33.6 Å². The van der Waals surface area contributed by atoms with E-state index in [0.717, 1.165) is 6.92 Å². The van der Waals surface area contributed by atoms with Gasteiger partial charge in [0.15, 0.2) is 10.1 Å². The molecule has 0 aromatic rings. The van der Waals surface area contributed by atoms with E-state index in [1.165, 1.54) is 13.8 Å². The zero-order valence-corrected chi connectivity index (χ0v) is 20.1. The minimum absolute atomic E-state index is 0.394. The Morgan fingerprint density at radius 2 is 1.46 bits per heavy atom. The second kappa shape index (κ2) is 11.7. The molecular formula is C18H22F10NO7S-. The summed E-state index contributed by atoms with van der Waals surface area (Å²) in [5.41, 5.74) is -2.45. The van der Waals surface area contributed by atoms with E-state index >= 15 is 0 Å². The first-order chi connectivity index (χ1) is 16.3. The largest absolute Gasteiger partial charge is 0.743 e. The van der Waals surface area contributed by atoms with Crippen molar-refractivity contribution in [3.05, 3.63) is 12.2 Å². The van der Waals surface area contributed by atoms with E-state index in [0.29, 0.717) is 4.90 Å². The highest BCUT2D eigenvalue weighted by atomic mass is 32.2. The molecule has 1 unspecified atom stereocenters. The number of amides is 1. The highest BCUT2D eigenvalue weighted by Crippen LogP contribution is 2.42. The fourth-order valence-electron chi connectivity index (χ4n) is 2.63. The average molecular weight is 586 g/mol. The lowest BCUT2D eigenvalue weighted by Crippen LogP contribution is -2.63. The molecule has 0 spiro atoms. The summed E-state index contributed by atoms with van der Waals surface area (Å²) in [5, 5.41) is -6.07. The standard InChI is InChI=1S/C18H23F10NO7S/c1-5-29(10(2)3)13(31)15(17(24,25)26,36-12(30)11(4)16(21,22)23)35-9-7-6-8-14(19,20)18(27,28)37(32,33)34/h10H,4-9H2,1-3H3,(H,32,33,34)/p-1. The Balaban J connectivity index is 6.08. The van der Waals surface area contributed by atoms with Gasteiger partial charge in [0.25, 0.3) is 0 Å². The third kappa shape index (κ3) is 7.92. The van der Waals surface area contributed by atoms with Crippen LogP contribution in [-0.2, 0) is 29.2 Å². The van der Waals surface area contributed by atoms with Crippen LogP contribution in [0.25, 0.3) is 0 Å². The number of hydrogen-bond donors (Lipinski definition) is 0. The van der Waals surface area contributed by atoms with Gasteiger partial charge in [0, 0.05) is 19.0 Å². The second-order valence-electron chi connectivity index (χ2n) is 7.65. The lowest BCUT2D eigenvalue weighted by atomic mass is 10.1. The number of hydrogen-bond acceptors (Lipinski definition) is 7. The molecule has 1 amide bonds. The lowest BCUT2D eigenvalue weighted by Gasteiger charge is -2.38. The van der Waals surface area contributed by atoms with Crippen LogP contribution >= 0.6 is 0 Å². The van der Waals surface area contributed by atoms with Crippen molar-refractivity contribution in [1.82, 2.24) is 4.90 Å². The molecule has 0 saturated heterocycles. The maximum atomic E-state index is 14.0. The number of halogens is 10. The summed E-state index contributed by atoms with van der Waals surface area (Å²) in [6, 6.07) is -1.05. The number of carbonyl (C=O) groups excluding carboxylic acids is 2. The van der Waals surface area contributed by atoms with E-state index in [1.54, 1.807) is 0 Å². The molecule has 0 aliphatic rings. The van der Waals surface area contributed by atoms with Crippen molar-refractivity contribution in [2.75, 3.05) is 13.2 Å². The Morgan fingerprint density at radius 1 is 0.973 bits per heavy atom. The summed E-state index contributed by atoms with van der Waals surface area (Å²) < 4.78 is 173. The molecule has 37 heavy (non-hydrogen) atoms. The SMILES string of the molecule is C=C(C(=O)OC(OCCCCC(F)(F)C(F)(F)S(=O)(=O)[O-])(C(=O)N(CC)C(C)C)C(F)(F)F)C(F)(F)F. The third-order valence-electron chi connectivity index (χ3n) is 4.63. The number of carbonyl (C=O) groups is 2. The van der Waals surface area contributed by atoms with Crippen LogP contribution in [0, 0.1) is 0 Å². The number of alkyl halides is 10. The molecule has 0 aromatic heterocycles. The maximum absolute atomic E-state index is 14.0. The molecule has 8 nitrogen and oxygen atoms in total. The van der Waals surface area contributed by atoms with Crippen LogP contribution in [-0.4, -0.2) is 78.3 Å². The topological polar surface area (TPSA) is 113 Å². The molecule has 0 saturated carbocycles. The van der Waals surface area contributed by atoms with Crippen LogP contribution in [0.5, 0.6) is 0 Å². The summed E-state index contributed by atoms with van der Waals surface area (Å²) in [4.78, 5) is 24.9. The summed E-state index contributed by atoms with van der Waals surface area (Å²) in [6.07, 6.45) is -16.0. The van der Waals surface area contributed by atoms with Gasteiger partial charge in [-0.2, -0.15) is 43.9 Å². The van der Waals surface area contributed by atoms with E-state index in [2.05, 4.69) is 16.1 Å². The normalized spacial score (nSPS) is 15.3. The molecule has 1 atom stereocenters. The van der Waals surface area contributed by atoms with Gasteiger partial charge in [0.1, 0.15) is 5.57 Å². The minimum Gasteiger partial charge on any atom is -0.743 e. The lowest BCUT2D eigenvalue weighted by molar-refractivity contribution is -0.351. The number of likely N-dealkylation sites (N-methyl/N-ethyl adjacent to an activating group) is 1. The molecule has 0 aliphatic heterocycles. The molecule has 0 heterocycles. The number of unbranched alkanes of at least 4 members (excludes halogenated alkanes) is 1. The van der Waals surface area contributed by atoms with Gasteiger partial charge >= 0.3 is 41.2 Å². The zero-order valence-electron chi connectivity index (χ0n) is 19.3. The predicted octanol–water partition coefficient (Wildman–Crippen LogP) is 4.12. The Hall–Kier alpha value is -2.15. The molecule has 0 aliphatic carbocycles. The smallest absolute Gasteiger partial charge is 0.466 e. The van der Waals surface area contributed by atoms with Crippen LogP contribution in [0.1, 0.15) is 40.0 Å². The minimum atomic E-state index is -6.83. The number of esters is 1. The average Bonchev–Trinajstić information content (AvgIpc) is 2.69. The third-order valence-corrected chi connectivity index (χ3v) is 5.56. The summed E-state index contributed by atoms with van der Waals surface area (Å²) in [5.74, 6) is -15.2. The van der Waals surface area contributed by atoms with Gasteiger partial charge in [-0.25, -0.2) is 13.2 Å². The zero-order chi connectivity index (χ0) is 29.8. The Bertz CT molecular complexity index is 947. The number of nitrogens with zero attached hydrogens (tertiary/aromatic N) is 1. The van der Waals surface area contributed by atoms with Crippen LogP contribution in [0.2, 0.25) is 0 Å². The van der Waals surface area contributed by atoms with Crippen molar-refractivity contribution in [2.24, 2.45) is 0 Å². The highest BCUT2D eigenvalue weighted by Gasteiger charge is 2.68. The Kier molecular flexibility index (Phi) is 11.0. The molecule has 19 heteroatoms. The van der Waals surface area contributed by atoms with Crippen molar-refractivity contribution in [3.8, 4) is 0 Å². The quantitative estimate of drug-likeness (QED) is 0.0797. The monoisotopic (exact) mass is 586 g/mol. The molecule has 0 bridgehead atoms. The first kappa shape index (κ1) is 34.9. The second-order valence-corrected chi connectivity index (χ2v) is 9.07. The first-order valence-electron chi connectivity index (χ1n) is 10.0. The van der Waals surface area contributed by atoms with Gasteiger partial charge in [-0.1, -0.05) is 6.58 Å². The summed E-state index contributed by atoms with van der Waals surface area (Å²) >= 11 is 0. The fraction of sp³-hybridized carbons (Fsp3) is 0.778. The van der Waals surface area contributed by atoms with E-state index in [4.69, 9.17) is 0 Å². The summed E-state index contributed by atoms with van der Waals surface area (Å²) in [7, 11) is -6.83. The van der Waals surface area contributed by atoms with Crippen LogP contribution in [0.3, 0.4) is 0 Å². The van der Waals surface area contributed by atoms with Gasteiger partial charge in [-0.15, -0.1) is 0 Å². The maximum Gasteiger partial charge on any atom is 0.466 e. The van der Waals surface area contributed by atoms with Crippen molar-refractivity contribution >= 4 is 22.0 Å². The van der Waals surface area contributed by atoms with Crippen molar-refractivity contribution in [3.63, 3.8) is 0 Å². The van der Waals surface area contributed by atoms with Gasteiger partial charge < -0.3 is 18.9 Å². The molecule has 0 fully saturated rings. The van der Waals surface area contributed by atoms with Gasteiger partial charge in [-0.3, -0.25) is 4.79 Å². The molecular weight excluding hydrogens is 564 g/mol. The first-order valence-corrected chi connectivity index (χ1v) is 11.4. The van der Waals surface area contributed by atoms with E-state index < -0.39 is 95.3 Å². The Labute approximate surface area is 204 Å². The van der Waals surface area contributed by atoms with E-state index in [-0.39, 0.29) is 0 Å². The predicted molar refractivity (Wildman–Crippen MR) is 102 cm³/mol. The summed E-state index contributed by atoms with van der Waals surface area (Å²) in [6.45, 7) is 3.79. The molecule has 218 valence electrons. The van der Waals surface area contributed by atoms with Crippen LogP contribution in [0.4, 0.5) is 43.9 Å². The van der Waals surface area contributed by atoms with E-state index in [9.17, 15) is 66.5 Å². The molecule has 0 rings (SSSR count). The van der Waals surface area contributed by atoms with Crippen LogP contribution < -0.4 is 0 Å². The van der Waals surface area contributed by atoms with Gasteiger partial charge in [0.2, 0.25) is 0 Å². The molecule has 0 radical (unpaired) electrons. The van der Waals surface area contributed by atoms with Crippen molar-refractivity contribution < 1.29 is 75.9 Å². The number of ether oxygens (including phenoxy) is 2. The highest BCUT2D eigenvalue weighted by molar-refractivity contribution is 7.86. The van der Waals surface area contributed by atoms with Gasteiger partial charge in [0.05, 0.1) is 6.61 Å². The van der Waals surface area contributed by atoms with Crippen molar-refractivity contribution in [2.45, 2.75) is 75.4 Å². The molecule has 0 aromatic carbocycles. The molecule has 0 N–H and O–H groups in total. The number of rotatable bonds is 13. The van der Waals surface area contributed by atoms with Crippen LogP contribution in [0.15, 0.2) is 12.2 Å². The Morgan fingerprint density at radius 3 is 1.81 bits per heavy atom. The fourth-order valence-corrected chi connectivity index (χ4v) is 3.10. The van der Waals surface area contributed by atoms with E-state index in [1.807, 2.05) is 0 Å². The van der Waals surface area contributed by atoms with Crippen molar-refractivity contribution in [1.29, 1.82) is 0 Å².